The van der Waals surface area contributed by atoms with E-state index in [2.05, 4.69) is 4.74 Å². The number of aliphatic carboxylic acids is 1. The summed E-state index contributed by atoms with van der Waals surface area (Å²) in [6.45, 7) is 5.92. The molecule has 0 heterocycles. The minimum atomic E-state index is -5.08. The number of hydrogen-bond donors (Lipinski definition) is 1. The smallest absolute Gasteiger partial charge is 0.475 e. The largest absolute Gasteiger partial charge is 0.490 e. The molecule has 0 aromatic heterocycles. The lowest BCUT2D eigenvalue weighted by atomic mass is 10.1. The molecule has 0 aromatic carbocycles. The first-order valence-corrected chi connectivity index (χ1v) is 7.92. The summed E-state index contributed by atoms with van der Waals surface area (Å²) in [6, 6.07) is 0. The maximum Gasteiger partial charge on any atom is 0.490 e. The van der Waals surface area contributed by atoms with Crippen LogP contribution in [0.1, 0.15) is 78.6 Å². The molecule has 138 valence electrons. The Labute approximate surface area is 136 Å². The number of halogens is 3. The topological polar surface area (TPSA) is 63.6 Å². The predicted molar refractivity (Wildman–Crippen MR) is 82.1 cm³/mol. The Bertz CT molecular complexity index is 281. The van der Waals surface area contributed by atoms with Crippen LogP contribution in [0, 0.1) is 0 Å². The van der Waals surface area contributed by atoms with Gasteiger partial charge in [-0.25, -0.2) is 4.79 Å². The summed E-state index contributed by atoms with van der Waals surface area (Å²) in [4.78, 5) is 18.5. The van der Waals surface area contributed by atoms with Crippen LogP contribution in [0.15, 0.2) is 0 Å². The van der Waals surface area contributed by atoms with Crippen molar-refractivity contribution in [3.05, 3.63) is 0 Å². The van der Waals surface area contributed by atoms with Gasteiger partial charge in [-0.05, 0) is 20.8 Å². The molecule has 0 unspecified atom stereocenters. The fourth-order valence-corrected chi connectivity index (χ4v) is 1.74. The molecule has 23 heavy (non-hydrogen) atoms. The predicted octanol–water partition coefficient (Wildman–Crippen LogP) is 5.10. The van der Waals surface area contributed by atoms with E-state index in [1.54, 1.807) is 0 Å². The van der Waals surface area contributed by atoms with Crippen molar-refractivity contribution in [3.63, 3.8) is 0 Å². The molecule has 0 atom stereocenters. The molecule has 1 aliphatic carbocycles. The molecule has 0 bridgehead atoms. The van der Waals surface area contributed by atoms with Gasteiger partial charge < -0.3 is 9.84 Å². The van der Waals surface area contributed by atoms with Crippen LogP contribution in [0.25, 0.3) is 0 Å². The van der Waals surface area contributed by atoms with Gasteiger partial charge >= 0.3 is 12.1 Å². The second-order valence-corrected chi connectivity index (χ2v) is 6.31. The first-order chi connectivity index (χ1) is 10.5. The highest BCUT2D eigenvalue weighted by molar-refractivity contribution is 5.73. The van der Waals surface area contributed by atoms with Gasteiger partial charge in [0.1, 0.15) is 5.60 Å². The van der Waals surface area contributed by atoms with Gasteiger partial charge in [-0.1, -0.05) is 57.8 Å². The molecule has 0 spiro atoms. The maximum atomic E-state index is 10.6. The Morgan fingerprint density at radius 1 is 0.870 bits per heavy atom. The van der Waals surface area contributed by atoms with Crippen LogP contribution in [-0.4, -0.2) is 29.3 Å². The van der Waals surface area contributed by atoms with Gasteiger partial charge in [-0.15, -0.1) is 0 Å². The van der Waals surface area contributed by atoms with Crippen molar-refractivity contribution in [2.24, 2.45) is 0 Å². The minimum absolute atomic E-state index is 0.318. The van der Waals surface area contributed by atoms with E-state index in [0.29, 0.717) is 6.47 Å². The Kier molecular flexibility index (Phi) is 13.8. The lowest BCUT2D eigenvalue weighted by Gasteiger charge is -2.14. The third-order valence-electron chi connectivity index (χ3n) is 2.89. The van der Waals surface area contributed by atoms with Crippen LogP contribution in [0.2, 0.25) is 0 Å². The van der Waals surface area contributed by atoms with E-state index in [-0.39, 0.29) is 5.60 Å². The molecule has 1 aliphatic rings. The summed E-state index contributed by atoms with van der Waals surface area (Å²) in [7, 11) is 0. The second-order valence-electron chi connectivity index (χ2n) is 6.31. The van der Waals surface area contributed by atoms with E-state index in [1.807, 2.05) is 20.8 Å². The number of alkyl halides is 3. The lowest BCUT2D eigenvalue weighted by molar-refractivity contribution is -0.192. The van der Waals surface area contributed by atoms with Crippen molar-refractivity contribution < 1.29 is 32.6 Å². The quantitative estimate of drug-likeness (QED) is 0.673. The number of carboxylic acid groups (broad SMARTS) is 1. The normalized spacial score (nSPS) is 16.1. The van der Waals surface area contributed by atoms with Crippen molar-refractivity contribution in [1.29, 1.82) is 0 Å². The Hall–Kier alpha value is -1.27. The van der Waals surface area contributed by atoms with Crippen molar-refractivity contribution in [1.82, 2.24) is 0 Å². The van der Waals surface area contributed by atoms with Gasteiger partial charge in [0.05, 0.1) is 0 Å². The average Bonchev–Trinajstić information content (AvgIpc) is 2.53. The molecular formula is C16H29F3O4. The molecule has 1 rings (SSSR count). The standard InChI is InChI=1S/C9H18.C5H10O2.C2HF3O2/c1-2-4-6-8-9-7-5-3-1;1-5(2,3)7-4-6;3-2(4,5)1(6)7/h1-9H2;4H,1-3H3;(H,6,7). The van der Waals surface area contributed by atoms with Crippen LogP contribution < -0.4 is 0 Å². The van der Waals surface area contributed by atoms with E-state index in [0.717, 1.165) is 0 Å². The summed E-state index contributed by atoms with van der Waals surface area (Å²) in [6.07, 6.45) is 8.42. The van der Waals surface area contributed by atoms with E-state index in [4.69, 9.17) is 9.90 Å². The van der Waals surface area contributed by atoms with Crippen LogP contribution in [-0.2, 0) is 14.3 Å². The van der Waals surface area contributed by atoms with Crippen LogP contribution in [0.3, 0.4) is 0 Å². The maximum absolute atomic E-state index is 10.6. The van der Waals surface area contributed by atoms with E-state index in [1.165, 1.54) is 57.8 Å². The van der Waals surface area contributed by atoms with Crippen molar-refractivity contribution >= 4 is 12.4 Å². The van der Waals surface area contributed by atoms with Crippen molar-refractivity contribution in [2.45, 2.75) is 90.3 Å². The zero-order valence-electron chi connectivity index (χ0n) is 14.2. The van der Waals surface area contributed by atoms with Gasteiger partial charge in [-0.2, -0.15) is 13.2 Å². The Morgan fingerprint density at radius 2 is 1.09 bits per heavy atom. The molecule has 0 radical (unpaired) electrons. The molecule has 0 aromatic rings. The van der Waals surface area contributed by atoms with Crippen LogP contribution in [0.4, 0.5) is 13.2 Å². The average molecular weight is 342 g/mol. The molecule has 7 heteroatoms. The highest BCUT2D eigenvalue weighted by Gasteiger charge is 2.38. The summed E-state index contributed by atoms with van der Waals surface area (Å²) < 4.78 is 36.3. The van der Waals surface area contributed by atoms with E-state index < -0.39 is 12.1 Å². The Morgan fingerprint density at radius 3 is 1.13 bits per heavy atom. The molecule has 0 amide bonds. The highest BCUT2D eigenvalue weighted by Crippen LogP contribution is 2.15. The van der Waals surface area contributed by atoms with Gasteiger partial charge in [0.15, 0.2) is 0 Å². The van der Waals surface area contributed by atoms with Gasteiger partial charge in [0, 0.05) is 0 Å². The number of carbonyl (C=O) groups excluding carboxylic acids is 1. The number of rotatable bonds is 1. The third kappa shape index (κ3) is 23.1. The summed E-state index contributed by atoms with van der Waals surface area (Å²) >= 11 is 0. The number of ether oxygens (including phenoxy) is 1. The highest BCUT2D eigenvalue weighted by atomic mass is 19.4. The first-order valence-electron chi connectivity index (χ1n) is 7.92. The lowest BCUT2D eigenvalue weighted by Crippen LogP contribution is -2.21. The third-order valence-corrected chi connectivity index (χ3v) is 2.89. The van der Waals surface area contributed by atoms with Gasteiger partial charge in [-0.3, -0.25) is 4.79 Å². The summed E-state index contributed by atoms with van der Waals surface area (Å²) in [5, 5.41) is 7.12. The molecule has 4 nitrogen and oxygen atoms in total. The summed E-state index contributed by atoms with van der Waals surface area (Å²) in [5.74, 6) is -2.76. The second kappa shape index (κ2) is 13.2. The number of carboxylic acids is 1. The molecule has 1 saturated carbocycles. The fraction of sp³-hybridized carbons (Fsp3) is 0.875. The number of hydrogen-bond acceptors (Lipinski definition) is 3. The van der Waals surface area contributed by atoms with Gasteiger partial charge in [0.2, 0.25) is 0 Å². The molecule has 0 saturated heterocycles. The molecule has 0 aliphatic heterocycles. The summed E-state index contributed by atoms with van der Waals surface area (Å²) in [5.41, 5.74) is -0.318. The SMILES string of the molecule is C1CCCCCCCC1.CC(C)(C)OC=O.O=C(O)C(F)(F)F. The molecule has 1 fully saturated rings. The van der Waals surface area contributed by atoms with Gasteiger partial charge in [0.25, 0.3) is 6.47 Å². The molecule has 1 N–H and O–H groups in total. The monoisotopic (exact) mass is 342 g/mol. The zero-order chi connectivity index (χ0) is 18.4. The van der Waals surface area contributed by atoms with Crippen molar-refractivity contribution in [3.8, 4) is 0 Å². The number of carbonyl (C=O) groups is 2. The van der Waals surface area contributed by atoms with Crippen molar-refractivity contribution in [2.75, 3.05) is 0 Å². The Balaban J connectivity index is 0. The first kappa shape index (κ1) is 24.0. The molecular weight excluding hydrogens is 313 g/mol. The van der Waals surface area contributed by atoms with E-state index in [9.17, 15) is 18.0 Å². The minimum Gasteiger partial charge on any atom is -0.475 e. The van der Waals surface area contributed by atoms with Crippen LogP contribution in [0.5, 0.6) is 0 Å². The fourth-order valence-electron chi connectivity index (χ4n) is 1.74. The van der Waals surface area contributed by atoms with E-state index >= 15 is 0 Å². The zero-order valence-corrected chi connectivity index (χ0v) is 14.2. The van der Waals surface area contributed by atoms with Crippen LogP contribution >= 0.6 is 0 Å².